The van der Waals surface area contributed by atoms with Crippen molar-refractivity contribution in [2.24, 2.45) is 0 Å². The fraction of sp³-hybridized carbons (Fsp3) is 0.357. The van der Waals surface area contributed by atoms with Gasteiger partial charge in [-0.3, -0.25) is 0 Å². The molecule has 0 bridgehead atoms. The molecule has 0 radical (unpaired) electrons. The van der Waals surface area contributed by atoms with Crippen molar-refractivity contribution in [3.05, 3.63) is 96.6 Å². The predicted molar refractivity (Wildman–Crippen MR) is 149 cm³/mol. The Labute approximate surface area is 221 Å². The zero-order valence-corrected chi connectivity index (χ0v) is 23.4. The molecule has 3 rings (SSSR count). The number of hydrogen-bond acceptors (Lipinski definition) is 5. The van der Waals surface area contributed by atoms with Gasteiger partial charge in [-0.05, 0) is 48.9 Å². The van der Waals surface area contributed by atoms with E-state index in [0.717, 1.165) is 23.0 Å². The van der Waals surface area contributed by atoms with Crippen molar-refractivity contribution in [3.63, 3.8) is 0 Å². The Morgan fingerprint density at radius 2 is 1.06 bits per heavy atom. The van der Waals surface area contributed by atoms with Crippen LogP contribution in [0.2, 0.25) is 0 Å². The lowest BCUT2D eigenvalue weighted by atomic mass is 10.1. The third kappa shape index (κ3) is 6.59. The van der Waals surface area contributed by atoms with Crippen LogP contribution in [-0.4, -0.2) is 26.3 Å². The predicted octanol–water partition coefficient (Wildman–Crippen LogP) is 7.03. The van der Waals surface area contributed by atoms with Gasteiger partial charge in [0.2, 0.25) is 0 Å². The number of sulfonamides is 2. The third-order valence-electron chi connectivity index (χ3n) is 6.06. The van der Waals surface area contributed by atoms with Crippen molar-refractivity contribution in [1.29, 1.82) is 0 Å². The monoisotopic (exact) mass is 545 g/mol. The standard InChI is InChI=1S/C28H35NO4S3/c1-3-4-5-6-7-17-24-34-28(2,25-18-11-8-12-19-25)29(35(30,31)26-20-13-9-14-21-26)36(32,33)27-22-15-10-16-23-27/h8-16,18-23H,3-7,17,24H2,1-2H3. The van der Waals surface area contributed by atoms with Crippen molar-refractivity contribution in [2.75, 3.05) is 5.75 Å². The lowest BCUT2D eigenvalue weighted by Gasteiger charge is -2.39. The van der Waals surface area contributed by atoms with Crippen molar-refractivity contribution >= 4 is 31.8 Å². The van der Waals surface area contributed by atoms with Gasteiger partial charge in [-0.2, -0.15) is 0 Å². The Kier molecular flexibility index (Phi) is 10.2. The van der Waals surface area contributed by atoms with E-state index in [9.17, 15) is 16.8 Å². The molecule has 36 heavy (non-hydrogen) atoms. The first-order chi connectivity index (χ1) is 17.2. The van der Waals surface area contributed by atoms with E-state index in [4.69, 9.17) is 0 Å². The zero-order valence-electron chi connectivity index (χ0n) is 20.9. The quantitative estimate of drug-likeness (QED) is 0.161. The van der Waals surface area contributed by atoms with Crippen molar-refractivity contribution in [2.45, 2.75) is 67.0 Å². The summed E-state index contributed by atoms with van der Waals surface area (Å²) >= 11 is 1.36. The van der Waals surface area contributed by atoms with Gasteiger partial charge in [0.15, 0.2) is 0 Å². The van der Waals surface area contributed by atoms with Crippen LogP contribution in [0.5, 0.6) is 0 Å². The highest BCUT2D eigenvalue weighted by Crippen LogP contribution is 2.46. The fourth-order valence-corrected chi connectivity index (χ4v) is 10.2. The Hall–Kier alpha value is -2.13. The largest absolute Gasteiger partial charge is 0.258 e. The van der Waals surface area contributed by atoms with Crippen LogP contribution in [0.3, 0.4) is 0 Å². The van der Waals surface area contributed by atoms with E-state index in [1.54, 1.807) is 67.6 Å². The molecule has 0 N–H and O–H groups in total. The van der Waals surface area contributed by atoms with Crippen LogP contribution < -0.4 is 0 Å². The molecule has 0 saturated heterocycles. The molecular formula is C28H35NO4S3. The first kappa shape index (κ1) is 28.4. The number of benzene rings is 3. The number of thioether (sulfide) groups is 1. The Bertz CT molecular complexity index is 1210. The smallest absolute Gasteiger partial charge is 0.206 e. The summed E-state index contributed by atoms with van der Waals surface area (Å²) in [6.07, 6.45) is 6.56. The normalized spacial score (nSPS) is 14.0. The maximum Gasteiger partial charge on any atom is 0.258 e. The highest BCUT2D eigenvalue weighted by molar-refractivity contribution is 8.07. The summed E-state index contributed by atoms with van der Waals surface area (Å²) in [5.74, 6) is 0.628. The lowest BCUT2D eigenvalue weighted by Crippen LogP contribution is -2.49. The molecule has 0 saturated carbocycles. The van der Waals surface area contributed by atoms with Crippen molar-refractivity contribution in [1.82, 2.24) is 3.71 Å². The average Bonchev–Trinajstić information content (AvgIpc) is 2.89. The zero-order chi connectivity index (χ0) is 26.1. The van der Waals surface area contributed by atoms with Gasteiger partial charge in [-0.25, -0.2) is 16.8 Å². The molecule has 8 heteroatoms. The molecule has 194 valence electrons. The van der Waals surface area contributed by atoms with Gasteiger partial charge in [-0.1, -0.05) is 109 Å². The third-order valence-corrected chi connectivity index (χ3v) is 12.3. The molecule has 0 fully saturated rings. The number of rotatable bonds is 14. The molecule has 0 aromatic heterocycles. The molecule has 1 atom stereocenters. The SMILES string of the molecule is CCCCCCCCSC(C)(c1ccccc1)N(S(=O)(=O)c1ccccc1)S(=O)(=O)c1ccccc1. The van der Waals surface area contributed by atoms with Gasteiger partial charge < -0.3 is 0 Å². The summed E-state index contributed by atoms with van der Waals surface area (Å²) in [4.78, 5) is -1.52. The number of hydrogen-bond donors (Lipinski definition) is 0. The summed E-state index contributed by atoms with van der Waals surface area (Å²) in [6.45, 7) is 3.88. The molecule has 0 aliphatic heterocycles. The Morgan fingerprint density at radius 3 is 1.53 bits per heavy atom. The maximum absolute atomic E-state index is 14.1. The Balaban J connectivity index is 2.11. The molecule has 1 unspecified atom stereocenters. The molecule has 5 nitrogen and oxygen atoms in total. The van der Waals surface area contributed by atoms with Crippen molar-refractivity contribution in [3.8, 4) is 0 Å². The van der Waals surface area contributed by atoms with E-state index in [1.807, 2.05) is 6.07 Å². The first-order valence-corrected chi connectivity index (χ1v) is 16.2. The summed E-state index contributed by atoms with van der Waals surface area (Å²) < 4.78 is 57.2. The van der Waals surface area contributed by atoms with Crippen molar-refractivity contribution < 1.29 is 16.8 Å². The van der Waals surface area contributed by atoms with Crippen LogP contribution in [0.15, 0.2) is 101 Å². The van der Waals surface area contributed by atoms with Gasteiger partial charge in [-0.15, -0.1) is 11.8 Å². The van der Waals surface area contributed by atoms with Crippen LogP contribution in [0.25, 0.3) is 0 Å². The highest BCUT2D eigenvalue weighted by atomic mass is 32.3. The molecule has 3 aromatic carbocycles. The highest BCUT2D eigenvalue weighted by Gasteiger charge is 2.50. The second-order valence-electron chi connectivity index (χ2n) is 8.80. The fourth-order valence-electron chi connectivity index (χ4n) is 4.11. The van der Waals surface area contributed by atoms with Gasteiger partial charge in [0.05, 0.1) is 9.79 Å². The van der Waals surface area contributed by atoms with Gasteiger partial charge >= 0.3 is 0 Å². The topological polar surface area (TPSA) is 71.5 Å². The summed E-state index contributed by atoms with van der Waals surface area (Å²) in [5.41, 5.74) is 0.611. The summed E-state index contributed by atoms with van der Waals surface area (Å²) in [5, 5.41) is 0. The minimum absolute atomic E-state index is 0.0631. The van der Waals surface area contributed by atoms with E-state index >= 15 is 0 Å². The second kappa shape index (κ2) is 12.9. The van der Waals surface area contributed by atoms with Gasteiger partial charge in [0.25, 0.3) is 20.0 Å². The molecule has 0 amide bonds. The van der Waals surface area contributed by atoms with Crippen LogP contribution in [0.1, 0.15) is 57.9 Å². The number of nitrogens with zero attached hydrogens (tertiary/aromatic N) is 1. The van der Waals surface area contributed by atoms with E-state index in [-0.39, 0.29) is 9.79 Å². The molecule has 0 spiro atoms. The van der Waals surface area contributed by atoms with E-state index < -0.39 is 24.9 Å². The first-order valence-electron chi connectivity index (χ1n) is 12.3. The van der Waals surface area contributed by atoms with Crippen LogP contribution >= 0.6 is 11.8 Å². The maximum atomic E-state index is 14.1. The van der Waals surface area contributed by atoms with E-state index in [1.165, 1.54) is 55.3 Å². The summed E-state index contributed by atoms with van der Waals surface area (Å²) in [6, 6.07) is 24.6. The van der Waals surface area contributed by atoms with Gasteiger partial charge in [0.1, 0.15) is 4.87 Å². The molecule has 3 aromatic rings. The minimum atomic E-state index is -4.44. The Morgan fingerprint density at radius 1 is 0.639 bits per heavy atom. The van der Waals surface area contributed by atoms with Crippen LogP contribution in [0.4, 0.5) is 0 Å². The van der Waals surface area contributed by atoms with Gasteiger partial charge in [0, 0.05) is 0 Å². The second-order valence-corrected chi connectivity index (χ2v) is 14.1. The average molecular weight is 546 g/mol. The molecule has 0 heterocycles. The van der Waals surface area contributed by atoms with E-state index in [0.29, 0.717) is 11.3 Å². The van der Waals surface area contributed by atoms with E-state index in [2.05, 4.69) is 6.92 Å². The molecular weight excluding hydrogens is 511 g/mol. The lowest BCUT2D eigenvalue weighted by molar-refractivity contribution is 0.417. The summed E-state index contributed by atoms with van der Waals surface area (Å²) in [7, 11) is -8.89. The van der Waals surface area contributed by atoms with Crippen LogP contribution in [0, 0.1) is 0 Å². The number of unbranched alkanes of at least 4 members (excludes halogenated alkanes) is 5. The minimum Gasteiger partial charge on any atom is -0.206 e. The molecule has 0 aliphatic rings. The van der Waals surface area contributed by atoms with Crippen LogP contribution in [-0.2, 0) is 24.9 Å². The molecule has 0 aliphatic carbocycles.